The number of ether oxygens (including phenoxy) is 1. The van der Waals surface area contributed by atoms with Gasteiger partial charge in [-0.25, -0.2) is 4.79 Å². The van der Waals surface area contributed by atoms with Gasteiger partial charge >= 0.3 is 6.03 Å². The van der Waals surface area contributed by atoms with Gasteiger partial charge in [-0.05, 0) is 19.3 Å². The monoisotopic (exact) mass is 215 g/mol. The normalized spacial score (nSPS) is 22.4. The van der Waals surface area contributed by atoms with Crippen LogP contribution < -0.4 is 16.4 Å². The standard InChI is InChI=1S/C10H21N3O2/c1-2-8(11)3-5-12-10(14)13-9-4-6-15-7-9/h8-9H,2-7,11H2,1H3,(H2,12,13,14). The number of nitrogens with one attached hydrogen (secondary N) is 2. The number of amides is 2. The van der Waals surface area contributed by atoms with E-state index in [1.165, 1.54) is 0 Å². The van der Waals surface area contributed by atoms with E-state index in [-0.39, 0.29) is 18.1 Å². The van der Waals surface area contributed by atoms with Crippen LogP contribution in [-0.4, -0.2) is 37.9 Å². The number of urea groups is 1. The highest BCUT2D eigenvalue weighted by atomic mass is 16.5. The van der Waals surface area contributed by atoms with Crippen LogP contribution in [0.3, 0.4) is 0 Å². The van der Waals surface area contributed by atoms with Crippen molar-refractivity contribution in [1.29, 1.82) is 0 Å². The molecule has 2 unspecified atom stereocenters. The molecular weight excluding hydrogens is 194 g/mol. The van der Waals surface area contributed by atoms with Crippen LogP contribution in [0, 0.1) is 0 Å². The second-order valence-corrected chi connectivity index (χ2v) is 3.92. The number of hydrogen-bond acceptors (Lipinski definition) is 3. The molecule has 88 valence electrons. The quantitative estimate of drug-likeness (QED) is 0.613. The minimum absolute atomic E-state index is 0.117. The Bertz CT molecular complexity index is 193. The van der Waals surface area contributed by atoms with Gasteiger partial charge in [0.1, 0.15) is 0 Å². The lowest BCUT2D eigenvalue weighted by Gasteiger charge is -2.13. The van der Waals surface area contributed by atoms with Crippen molar-refractivity contribution in [3.63, 3.8) is 0 Å². The summed E-state index contributed by atoms with van der Waals surface area (Å²) in [5.41, 5.74) is 5.73. The summed E-state index contributed by atoms with van der Waals surface area (Å²) in [6.07, 6.45) is 2.67. The largest absolute Gasteiger partial charge is 0.379 e. The van der Waals surface area contributed by atoms with Crippen LogP contribution in [0.15, 0.2) is 0 Å². The molecule has 15 heavy (non-hydrogen) atoms. The molecule has 1 aliphatic rings. The number of rotatable bonds is 5. The fraction of sp³-hybridized carbons (Fsp3) is 0.900. The predicted molar refractivity (Wildman–Crippen MR) is 58.6 cm³/mol. The fourth-order valence-electron chi connectivity index (χ4n) is 1.46. The molecule has 0 radical (unpaired) electrons. The van der Waals surface area contributed by atoms with E-state index in [4.69, 9.17) is 10.5 Å². The van der Waals surface area contributed by atoms with E-state index in [1.54, 1.807) is 0 Å². The van der Waals surface area contributed by atoms with E-state index in [0.717, 1.165) is 25.9 Å². The number of hydrogen-bond donors (Lipinski definition) is 3. The highest BCUT2D eigenvalue weighted by molar-refractivity contribution is 5.74. The summed E-state index contributed by atoms with van der Waals surface area (Å²) in [7, 11) is 0. The second kappa shape index (κ2) is 6.63. The van der Waals surface area contributed by atoms with Gasteiger partial charge in [0.25, 0.3) is 0 Å². The average molecular weight is 215 g/mol. The van der Waals surface area contributed by atoms with E-state index in [0.29, 0.717) is 13.2 Å². The topological polar surface area (TPSA) is 76.4 Å². The van der Waals surface area contributed by atoms with Crippen molar-refractivity contribution in [3.05, 3.63) is 0 Å². The Labute approximate surface area is 90.7 Å². The average Bonchev–Trinajstić information content (AvgIpc) is 2.70. The van der Waals surface area contributed by atoms with E-state index < -0.39 is 0 Å². The third kappa shape index (κ3) is 4.99. The van der Waals surface area contributed by atoms with Crippen molar-refractivity contribution in [1.82, 2.24) is 10.6 Å². The minimum atomic E-state index is -0.117. The summed E-state index contributed by atoms with van der Waals surface area (Å²) >= 11 is 0. The maximum atomic E-state index is 11.4. The molecule has 1 saturated heterocycles. The minimum Gasteiger partial charge on any atom is -0.379 e. The summed E-state index contributed by atoms with van der Waals surface area (Å²) < 4.78 is 5.16. The van der Waals surface area contributed by atoms with Crippen molar-refractivity contribution in [2.75, 3.05) is 19.8 Å². The Morgan fingerprint density at radius 1 is 1.67 bits per heavy atom. The van der Waals surface area contributed by atoms with Crippen LogP contribution >= 0.6 is 0 Å². The number of carbonyl (C=O) groups is 1. The van der Waals surface area contributed by atoms with Gasteiger partial charge in [-0.2, -0.15) is 0 Å². The van der Waals surface area contributed by atoms with Gasteiger partial charge in [0, 0.05) is 19.2 Å². The first-order valence-electron chi connectivity index (χ1n) is 5.60. The van der Waals surface area contributed by atoms with Crippen molar-refractivity contribution in [2.45, 2.75) is 38.3 Å². The molecule has 1 rings (SSSR count). The van der Waals surface area contributed by atoms with Gasteiger partial charge in [-0.1, -0.05) is 6.92 Å². The summed E-state index contributed by atoms with van der Waals surface area (Å²) in [5, 5.41) is 5.64. The molecule has 0 spiro atoms. The molecule has 0 saturated carbocycles. The van der Waals surface area contributed by atoms with Crippen molar-refractivity contribution < 1.29 is 9.53 Å². The molecule has 1 fully saturated rings. The zero-order valence-corrected chi connectivity index (χ0v) is 9.29. The Hall–Kier alpha value is -0.810. The maximum Gasteiger partial charge on any atom is 0.315 e. The Kier molecular flexibility index (Phi) is 5.42. The molecule has 5 heteroatoms. The lowest BCUT2D eigenvalue weighted by atomic mass is 10.2. The lowest BCUT2D eigenvalue weighted by molar-refractivity contribution is 0.188. The number of carbonyl (C=O) groups excluding carboxylic acids is 1. The molecule has 5 nitrogen and oxygen atoms in total. The highest BCUT2D eigenvalue weighted by Gasteiger charge is 2.17. The van der Waals surface area contributed by atoms with Gasteiger partial charge in [0.2, 0.25) is 0 Å². The van der Waals surface area contributed by atoms with Gasteiger partial charge in [0.15, 0.2) is 0 Å². The Morgan fingerprint density at radius 2 is 2.47 bits per heavy atom. The third-order valence-corrected chi connectivity index (χ3v) is 2.59. The van der Waals surface area contributed by atoms with Crippen LogP contribution in [0.1, 0.15) is 26.2 Å². The Balaban J connectivity index is 2.02. The van der Waals surface area contributed by atoms with E-state index >= 15 is 0 Å². The fourth-order valence-corrected chi connectivity index (χ4v) is 1.46. The van der Waals surface area contributed by atoms with Crippen molar-refractivity contribution in [3.8, 4) is 0 Å². The summed E-state index contributed by atoms with van der Waals surface area (Å²) in [4.78, 5) is 11.4. The smallest absolute Gasteiger partial charge is 0.315 e. The van der Waals surface area contributed by atoms with Crippen molar-refractivity contribution in [2.24, 2.45) is 5.73 Å². The molecule has 0 aliphatic carbocycles. The molecule has 2 amide bonds. The highest BCUT2D eigenvalue weighted by Crippen LogP contribution is 2.02. The molecule has 0 aromatic rings. The van der Waals surface area contributed by atoms with Gasteiger partial charge in [0.05, 0.1) is 12.6 Å². The first-order chi connectivity index (χ1) is 7.22. The first-order valence-corrected chi connectivity index (χ1v) is 5.60. The zero-order chi connectivity index (χ0) is 11.1. The van der Waals surface area contributed by atoms with Crippen LogP contribution in [0.5, 0.6) is 0 Å². The summed E-state index contributed by atoms with van der Waals surface area (Å²) in [6.45, 7) is 4.04. The van der Waals surface area contributed by atoms with Crippen LogP contribution in [0.2, 0.25) is 0 Å². The number of nitrogens with two attached hydrogens (primary N) is 1. The van der Waals surface area contributed by atoms with Gasteiger partial charge < -0.3 is 21.1 Å². The molecule has 0 bridgehead atoms. The Morgan fingerprint density at radius 3 is 3.07 bits per heavy atom. The molecular formula is C10H21N3O2. The SMILES string of the molecule is CCC(N)CCNC(=O)NC1CCOC1. The van der Waals surface area contributed by atoms with Crippen LogP contribution in [0.25, 0.3) is 0 Å². The summed E-state index contributed by atoms with van der Waals surface area (Å²) in [5.74, 6) is 0. The molecule has 4 N–H and O–H groups in total. The molecule has 1 aliphatic heterocycles. The lowest BCUT2D eigenvalue weighted by Crippen LogP contribution is -2.43. The zero-order valence-electron chi connectivity index (χ0n) is 9.29. The van der Waals surface area contributed by atoms with Gasteiger partial charge in [-0.15, -0.1) is 0 Å². The molecule has 2 atom stereocenters. The third-order valence-electron chi connectivity index (χ3n) is 2.59. The molecule has 0 aromatic carbocycles. The second-order valence-electron chi connectivity index (χ2n) is 3.92. The summed E-state index contributed by atoms with van der Waals surface area (Å²) in [6, 6.07) is 0.235. The van der Waals surface area contributed by atoms with E-state index in [2.05, 4.69) is 10.6 Å². The first kappa shape index (κ1) is 12.3. The van der Waals surface area contributed by atoms with E-state index in [9.17, 15) is 4.79 Å². The maximum absolute atomic E-state index is 11.4. The predicted octanol–water partition coefficient (Wildman–Crippen LogP) is 0.202. The molecule has 0 aromatic heterocycles. The van der Waals surface area contributed by atoms with Crippen molar-refractivity contribution >= 4 is 6.03 Å². The van der Waals surface area contributed by atoms with Crippen LogP contribution in [-0.2, 0) is 4.74 Å². The van der Waals surface area contributed by atoms with Crippen LogP contribution in [0.4, 0.5) is 4.79 Å². The van der Waals surface area contributed by atoms with E-state index in [1.807, 2.05) is 6.92 Å². The molecule has 1 heterocycles. The van der Waals surface area contributed by atoms with Gasteiger partial charge in [-0.3, -0.25) is 0 Å².